The van der Waals surface area contributed by atoms with Crippen LogP contribution in [0, 0.1) is 0 Å². The van der Waals surface area contributed by atoms with E-state index in [1.807, 2.05) is 18.2 Å². The molecule has 3 rings (SSSR count). The summed E-state index contributed by atoms with van der Waals surface area (Å²) >= 11 is 0. The minimum Gasteiger partial charge on any atom is -0.301 e. The van der Waals surface area contributed by atoms with Gasteiger partial charge in [-0.05, 0) is 36.7 Å². The van der Waals surface area contributed by atoms with Gasteiger partial charge in [0.15, 0.2) is 5.78 Å². The predicted molar refractivity (Wildman–Crippen MR) is 114 cm³/mol. The Balaban J connectivity index is 1.68. The highest BCUT2D eigenvalue weighted by Crippen LogP contribution is 2.16. The van der Waals surface area contributed by atoms with Crippen molar-refractivity contribution >= 4 is 15.8 Å². The number of carbonyl (C=O) groups excluding carboxylic acids is 1. The molecular weight excluding hydrogens is 386 g/mol. The molecule has 2 aromatic rings. The number of nitrogens with zero attached hydrogens (tertiary/aromatic N) is 2. The Morgan fingerprint density at radius 3 is 2.28 bits per heavy atom. The molecule has 0 aromatic heterocycles. The zero-order valence-corrected chi connectivity index (χ0v) is 17.9. The summed E-state index contributed by atoms with van der Waals surface area (Å²) in [4.78, 5) is 16.5. The van der Waals surface area contributed by atoms with E-state index in [2.05, 4.69) is 27.5 Å². The SMILES string of the molecule is CCN1CCN(Cc2ccccc2CNS(=O)(=O)c2cccc(C(C)=O)c2)CC1. The molecule has 7 heteroatoms. The summed E-state index contributed by atoms with van der Waals surface area (Å²) in [5.74, 6) is -0.157. The zero-order chi connectivity index (χ0) is 20.9. The molecule has 1 fully saturated rings. The van der Waals surface area contributed by atoms with Crippen LogP contribution in [0.4, 0.5) is 0 Å². The van der Waals surface area contributed by atoms with E-state index in [0.717, 1.165) is 50.4 Å². The number of Topliss-reactive ketones (excluding diaryl/α,β-unsaturated/α-hetero) is 1. The number of rotatable bonds is 8. The number of sulfonamides is 1. The molecule has 29 heavy (non-hydrogen) atoms. The molecule has 0 saturated carbocycles. The number of carbonyl (C=O) groups is 1. The molecule has 0 atom stereocenters. The normalized spacial score (nSPS) is 16.1. The van der Waals surface area contributed by atoms with E-state index in [-0.39, 0.29) is 17.2 Å². The number of piperazine rings is 1. The third-order valence-electron chi connectivity index (χ3n) is 5.43. The predicted octanol–water partition coefficient (Wildman–Crippen LogP) is 2.51. The van der Waals surface area contributed by atoms with E-state index in [0.29, 0.717) is 5.56 Å². The van der Waals surface area contributed by atoms with Crippen molar-refractivity contribution in [2.75, 3.05) is 32.7 Å². The first-order chi connectivity index (χ1) is 13.9. The van der Waals surface area contributed by atoms with Crippen LogP contribution in [0.1, 0.15) is 35.3 Å². The lowest BCUT2D eigenvalue weighted by Crippen LogP contribution is -2.45. The van der Waals surface area contributed by atoms with Crippen LogP contribution in [-0.2, 0) is 23.1 Å². The summed E-state index contributed by atoms with van der Waals surface area (Å²) < 4.78 is 28.1. The summed E-state index contributed by atoms with van der Waals surface area (Å²) in [7, 11) is -3.70. The van der Waals surface area contributed by atoms with Gasteiger partial charge < -0.3 is 4.90 Å². The standard InChI is InChI=1S/C22H29N3O3S/c1-3-24-11-13-25(14-12-24)17-21-8-5-4-7-20(21)16-23-29(27,28)22-10-6-9-19(15-22)18(2)26/h4-10,15,23H,3,11-14,16-17H2,1-2H3. The Bertz CT molecular complexity index is 951. The molecule has 0 amide bonds. The lowest BCUT2D eigenvalue weighted by atomic mass is 10.1. The van der Waals surface area contributed by atoms with Crippen LogP contribution in [0.15, 0.2) is 53.4 Å². The first-order valence-electron chi connectivity index (χ1n) is 10.0. The van der Waals surface area contributed by atoms with E-state index in [4.69, 9.17) is 0 Å². The molecule has 1 aliphatic heterocycles. The average Bonchev–Trinajstić information content (AvgIpc) is 2.74. The van der Waals surface area contributed by atoms with Gasteiger partial charge in [-0.1, -0.05) is 43.3 Å². The zero-order valence-electron chi connectivity index (χ0n) is 17.1. The van der Waals surface area contributed by atoms with Crippen molar-refractivity contribution in [1.29, 1.82) is 0 Å². The average molecular weight is 416 g/mol. The molecule has 0 bridgehead atoms. The Morgan fingerprint density at radius 2 is 1.62 bits per heavy atom. The van der Waals surface area contributed by atoms with Crippen LogP contribution >= 0.6 is 0 Å². The first-order valence-corrected chi connectivity index (χ1v) is 11.5. The lowest BCUT2D eigenvalue weighted by Gasteiger charge is -2.34. The second-order valence-corrected chi connectivity index (χ2v) is 9.15. The fourth-order valence-corrected chi connectivity index (χ4v) is 4.58. The third kappa shape index (κ3) is 5.73. The van der Waals surface area contributed by atoms with Crippen molar-refractivity contribution in [1.82, 2.24) is 14.5 Å². The maximum atomic E-state index is 12.7. The number of benzene rings is 2. The largest absolute Gasteiger partial charge is 0.301 e. The van der Waals surface area contributed by atoms with Crippen LogP contribution < -0.4 is 4.72 Å². The molecule has 1 aliphatic rings. The molecule has 2 aromatic carbocycles. The van der Waals surface area contributed by atoms with Gasteiger partial charge in [-0.25, -0.2) is 13.1 Å². The second-order valence-electron chi connectivity index (χ2n) is 7.39. The molecule has 0 unspecified atom stereocenters. The fourth-order valence-electron chi connectivity index (χ4n) is 3.53. The van der Waals surface area contributed by atoms with Crippen LogP contribution in [0.2, 0.25) is 0 Å². The van der Waals surface area contributed by atoms with Crippen molar-refractivity contribution in [3.8, 4) is 0 Å². The quantitative estimate of drug-likeness (QED) is 0.671. The monoisotopic (exact) mass is 415 g/mol. The van der Waals surface area contributed by atoms with Gasteiger partial charge in [0.2, 0.25) is 10.0 Å². The van der Waals surface area contributed by atoms with Gasteiger partial charge in [0.25, 0.3) is 0 Å². The minimum absolute atomic E-state index is 0.110. The van der Waals surface area contributed by atoms with Gasteiger partial charge in [-0.3, -0.25) is 9.69 Å². The first kappa shape index (κ1) is 21.6. The Hall–Kier alpha value is -2.06. The summed E-state index contributed by atoms with van der Waals surface area (Å²) in [5, 5.41) is 0. The summed E-state index contributed by atoms with van der Waals surface area (Å²) in [5.41, 5.74) is 2.49. The van der Waals surface area contributed by atoms with Crippen molar-refractivity contribution in [3.63, 3.8) is 0 Å². The van der Waals surface area contributed by atoms with Gasteiger partial charge in [0.05, 0.1) is 4.90 Å². The molecule has 0 spiro atoms. The van der Waals surface area contributed by atoms with E-state index in [9.17, 15) is 13.2 Å². The smallest absolute Gasteiger partial charge is 0.240 e. The highest BCUT2D eigenvalue weighted by Gasteiger charge is 2.18. The van der Waals surface area contributed by atoms with Gasteiger partial charge in [-0.2, -0.15) is 0 Å². The molecule has 156 valence electrons. The number of hydrogen-bond acceptors (Lipinski definition) is 5. The summed E-state index contributed by atoms with van der Waals surface area (Å²) in [6, 6.07) is 14.1. The number of hydrogen-bond donors (Lipinski definition) is 1. The van der Waals surface area contributed by atoms with Crippen LogP contribution in [0.25, 0.3) is 0 Å². The summed E-state index contributed by atoms with van der Waals surface area (Å²) in [6.45, 7) is 9.90. The lowest BCUT2D eigenvalue weighted by molar-refractivity contribution is 0.101. The minimum atomic E-state index is -3.70. The molecule has 1 heterocycles. The molecule has 6 nitrogen and oxygen atoms in total. The highest BCUT2D eigenvalue weighted by atomic mass is 32.2. The van der Waals surface area contributed by atoms with Gasteiger partial charge in [0, 0.05) is 44.8 Å². The van der Waals surface area contributed by atoms with E-state index >= 15 is 0 Å². The number of ketones is 1. The Kier molecular flexibility index (Phi) is 7.18. The Morgan fingerprint density at radius 1 is 0.966 bits per heavy atom. The molecule has 1 saturated heterocycles. The topological polar surface area (TPSA) is 69.7 Å². The van der Waals surface area contributed by atoms with Crippen molar-refractivity contribution < 1.29 is 13.2 Å². The summed E-state index contributed by atoms with van der Waals surface area (Å²) in [6.07, 6.45) is 0. The van der Waals surface area contributed by atoms with E-state index in [1.165, 1.54) is 19.1 Å². The van der Waals surface area contributed by atoms with Gasteiger partial charge in [0.1, 0.15) is 0 Å². The molecule has 1 N–H and O–H groups in total. The maximum absolute atomic E-state index is 12.7. The Labute approximate surface area is 173 Å². The van der Waals surface area contributed by atoms with Gasteiger partial charge in [-0.15, -0.1) is 0 Å². The van der Waals surface area contributed by atoms with Crippen LogP contribution in [-0.4, -0.2) is 56.7 Å². The van der Waals surface area contributed by atoms with Crippen molar-refractivity contribution in [2.45, 2.75) is 31.8 Å². The van der Waals surface area contributed by atoms with Crippen LogP contribution in [0.3, 0.4) is 0 Å². The molecular formula is C22H29N3O3S. The van der Waals surface area contributed by atoms with E-state index < -0.39 is 10.0 Å². The van der Waals surface area contributed by atoms with E-state index in [1.54, 1.807) is 12.1 Å². The van der Waals surface area contributed by atoms with Crippen molar-refractivity contribution in [2.24, 2.45) is 0 Å². The van der Waals surface area contributed by atoms with Crippen LogP contribution in [0.5, 0.6) is 0 Å². The number of nitrogens with one attached hydrogen (secondary N) is 1. The molecule has 0 aliphatic carbocycles. The molecule has 0 radical (unpaired) electrons. The third-order valence-corrected chi connectivity index (χ3v) is 6.83. The second kappa shape index (κ2) is 9.63. The fraction of sp³-hybridized carbons (Fsp3) is 0.409. The maximum Gasteiger partial charge on any atom is 0.240 e. The highest BCUT2D eigenvalue weighted by molar-refractivity contribution is 7.89. The van der Waals surface area contributed by atoms with Gasteiger partial charge >= 0.3 is 0 Å². The number of likely N-dealkylation sites (N-methyl/N-ethyl adjacent to an activating group) is 1. The van der Waals surface area contributed by atoms with Crippen molar-refractivity contribution in [3.05, 3.63) is 65.2 Å².